The molecule has 0 radical (unpaired) electrons. The van der Waals surface area contributed by atoms with Crippen LogP contribution in [-0.2, 0) is 4.74 Å². The molecule has 0 aromatic carbocycles. The van der Waals surface area contributed by atoms with E-state index < -0.39 is 0 Å². The predicted octanol–water partition coefficient (Wildman–Crippen LogP) is 2.85. The van der Waals surface area contributed by atoms with Gasteiger partial charge in [-0.3, -0.25) is 0 Å². The van der Waals surface area contributed by atoms with Crippen LogP contribution in [-0.4, -0.2) is 12.7 Å². The van der Waals surface area contributed by atoms with Crippen molar-refractivity contribution in [2.75, 3.05) is 6.61 Å². The van der Waals surface area contributed by atoms with Crippen molar-refractivity contribution in [3.8, 4) is 0 Å². The van der Waals surface area contributed by atoms with Gasteiger partial charge in [0, 0.05) is 0 Å². The van der Waals surface area contributed by atoms with E-state index in [4.69, 9.17) is 4.74 Å². The third-order valence-corrected chi connectivity index (χ3v) is 2.87. The fraction of sp³-hybridized carbons (Fsp3) is 1.00. The van der Waals surface area contributed by atoms with Gasteiger partial charge in [0.15, 0.2) is 0 Å². The maximum atomic E-state index is 5.50. The van der Waals surface area contributed by atoms with Gasteiger partial charge in [0.25, 0.3) is 0 Å². The minimum atomic E-state index is 0.522. The first-order valence-corrected chi connectivity index (χ1v) is 4.82. The van der Waals surface area contributed by atoms with Crippen LogP contribution in [0.4, 0.5) is 0 Å². The van der Waals surface area contributed by atoms with E-state index in [9.17, 15) is 0 Å². The molecule has 1 heteroatoms. The molecule has 3 unspecified atom stereocenters. The zero-order valence-corrected chi connectivity index (χ0v) is 8.18. The lowest BCUT2D eigenvalue weighted by Gasteiger charge is -2.23. The SMILES string of the molecule is CC.CC1CC2(C)CC2CO1. The molecule has 1 aliphatic heterocycles. The maximum Gasteiger partial charge on any atom is 0.0552 e. The summed E-state index contributed by atoms with van der Waals surface area (Å²) in [6.45, 7) is 9.59. The van der Waals surface area contributed by atoms with Crippen molar-refractivity contribution in [1.82, 2.24) is 0 Å². The second-order valence-electron chi connectivity index (χ2n) is 3.90. The van der Waals surface area contributed by atoms with Crippen LogP contribution in [0, 0.1) is 11.3 Å². The van der Waals surface area contributed by atoms with Gasteiger partial charge in [-0.2, -0.15) is 0 Å². The minimum absolute atomic E-state index is 0.522. The standard InChI is InChI=1S/C8H14O.C2H6/c1-6-3-8(2)4-7(8)5-9-6;1-2/h6-7H,3-5H2,1-2H3;1-2H3. The fourth-order valence-corrected chi connectivity index (χ4v) is 2.01. The van der Waals surface area contributed by atoms with Crippen LogP contribution < -0.4 is 0 Å². The minimum Gasteiger partial charge on any atom is -0.378 e. The number of hydrogen-bond donors (Lipinski definition) is 0. The Balaban J connectivity index is 0.000000281. The van der Waals surface area contributed by atoms with Gasteiger partial charge in [-0.15, -0.1) is 0 Å². The molecule has 0 amide bonds. The lowest BCUT2D eigenvalue weighted by Crippen LogP contribution is -2.22. The molecule has 0 aromatic rings. The van der Waals surface area contributed by atoms with Gasteiger partial charge in [0.05, 0.1) is 12.7 Å². The number of rotatable bonds is 0. The second-order valence-corrected chi connectivity index (χ2v) is 3.90. The maximum absolute atomic E-state index is 5.50. The molecule has 1 saturated carbocycles. The van der Waals surface area contributed by atoms with Crippen LogP contribution in [0.25, 0.3) is 0 Å². The summed E-state index contributed by atoms with van der Waals surface area (Å²) in [7, 11) is 0. The Hall–Kier alpha value is -0.0400. The van der Waals surface area contributed by atoms with E-state index in [1.807, 2.05) is 13.8 Å². The molecule has 0 aromatic heterocycles. The number of fused-ring (bicyclic) bond motifs is 1. The fourth-order valence-electron chi connectivity index (χ4n) is 2.01. The van der Waals surface area contributed by atoms with E-state index in [0.29, 0.717) is 11.5 Å². The van der Waals surface area contributed by atoms with E-state index in [1.165, 1.54) is 12.8 Å². The summed E-state index contributed by atoms with van der Waals surface area (Å²) in [4.78, 5) is 0. The van der Waals surface area contributed by atoms with Crippen LogP contribution in [0.3, 0.4) is 0 Å². The lowest BCUT2D eigenvalue weighted by atomic mass is 9.97. The topological polar surface area (TPSA) is 9.23 Å². The van der Waals surface area contributed by atoms with Crippen molar-refractivity contribution in [3.63, 3.8) is 0 Å². The molecule has 2 fully saturated rings. The van der Waals surface area contributed by atoms with E-state index in [1.54, 1.807) is 0 Å². The van der Waals surface area contributed by atoms with Gasteiger partial charge in [-0.1, -0.05) is 20.8 Å². The molecule has 0 spiro atoms. The summed E-state index contributed by atoms with van der Waals surface area (Å²) in [6, 6.07) is 0. The molecule has 3 atom stereocenters. The number of ether oxygens (including phenoxy) is 1. The molecule has 0 bridgehead atoms. The van der Waals surface area contributed by atoms with Gasteiger partial charge < -0.3 is 4.74 Å². The molecule has 1 aliphatic carbocycles. The van der Waals surface area contributed by atoms with Gasteiger partial charge in [-0.05, 0) is 31.1 Å². The van der Waals surface area contributed by atoms with Crippen molar-refractivity contribution in [1.29, 1.82) is 0 Å². The smallest absolute Gasteiger partial charge is 0.0552 e. The molecule has 2 aliphatic rings. The van der Waals surface area contributed by atoms with Crippen LogP contribution in [0.2, 0.25) is 0 Å². The molecule has 1 nitrogen and oxygen atoms in total. The van der Waals surface area contributed by atoms with Crippen molar-refractivity contribution < 1.29 is 4.74 Å². The van der Waals surface area contributed by atoms with Crippen LogP contribution in [0.5, 0.6) is 0 Å². The van der Waals surface area contributed by atoms with Gasteiger partial charge >= 0.3 is 0 Å². The van der Waals surface area contributed by atoms with Gasteiger partial charge in [0.1, 0.15) is 0 Å². The highest BCUT2D eigenvalue weighted by atomic mass is 16.5. The summed E-state index contributed by atoms with van der Waals surface area (Å²) in [5, 5.41) is 0. The Bertz CT molecular complexity index is 133. The highest BCUT2D eigenvalue weighted by Gasteiger charge is 2.53. The highest BCUT2D eigenvalue weighted by Crippen LogP contribution is 2.58. The zero-order valence-electron chi connectivity index (χ0n) is 8.18. The molecule has 1 saturated heterocycles. The molecule has 1 heterocycles. The Morgan fingerprint density at radius 3 is 2.36 bits per heavy atom. The summed E-state index contributed by atoms with van der Waals surface area (Å²) in [5.74, 6) is 0.911. The molecular weight excluding hydrogens is 136 g/mol. The Labute approximate surface area is 70.1 Å². The average Bonchev–Trinajstić information content (AvgIpc) is 2.63. The summed E-state index contributed by atoms with van der Waals surface area (Å²) in [5.41, 5.74) is 0.692. The van der Waals surface area contributed by atoms with Crippen molar-refractivity contribution >= 4 is 0 Å². The first-order chi connectivity index (χ1) is 5.21. The van der Waals surface area contributed by atoms with Crippen molar-refractivity contribution in [2.45, 2.75) is 46.6 Å². The highest BCUT2D eigenvalue weighted by molar-refractivity contribution is 5.01. The Morgan fingerprint density at radius 2 is 1.91 bits per heavy atom. The van der Waals surface area contributed by atoms with Gasteiger partial charge in [0.2, 0.25) is 0 Å². The Morgan fingerprint density at radius 1 is 1.27 bits per heavy atom. The first kappa shape index (κ1) is 9.05. The third-order valence-electron chi connectivity index (χ3n) is 2.87. The van der Waals surface area contributed by atoms with Crippen molar-refractivity contribution in [2.24, 2.45) is 11.3 Å². The van der Waals surface area contributed by atoms with E-state index in [2.05, 4.69) is 13.8 Å². The molecule has 66 valence electrons. The molecular formula is C10H20O. The van der Waals surface area contributed by atoms with E-state index in [-0.39, 0.29) is 0 Å². The Kier molecular flexibility index (Phi) is 2.58. The molecule has 0 N–H and O–H groups in total. The predicted molar refractivity (Wildman–Crippen MR) is 47.6 cm³/mol. The summed E-state index contributed by atoms with van der Waals surface area (Å²) in [6.07, 6.45) is 3.23. The van der Waals surface area contributed by atoms with Gasteiger partial charge in [-0.25, -0.2) is 0 Å². The van der Waals surface area contributed by atoms with Crippen LogP contribution in [0.15, 0.2) is 0 Å². The summed E-state index contributed by atoms with van der Waals surface area (Å²) < 4.78 is 5.50. The molecule has 2 rings (SSSR count). The van der Waals surface area contributed by atoms with Crippen molar-refractivity contribution in [3.05, 3.63) is 0 Å². The van der Waals surface area contributed by atoms with Crippen LogP contribution >= 0.6 is 0 Å². The van der Waals surface area contributed by atoms with E-state index in [0.717, 1.165) is 12.5 Å². The number of hydrogen-bond acceptors (Lipinski definition) is 1. The quantitative estimate of drug-likeness (QED) is 0.524. The normalized spacial score (nSPS) is 46.9. The average molecular weight is 156 g/mol. The first-order valence-electron chi connectivity index (χ1n) is 4.82. The largest absolute Gasteiger partial charge is 0.378 e. The second kappa shape index (κ2) is 3.14. The molecule has 11 heavy (non-hydrogen) atoms. The lowest BCUT2D eigenvalue weighted by molar-refractivity contribution is 0.00280. The monoisotopic (exact) mass is 156 g/mol. The zero-order chi connectivity index (χ0) is 8.48. The van der Waals surface area contributed by atoms with E-state index >= 15 is 0 Å². The third kappa shape index (κ3) is 1.76. The summed E-state index contributed by atoms with van der Waals surface area (Å²) >= 11 is 0. The van der Waals surface area contributed by atoms with Crippen LogP contribution in [0.1, 0.15) is 40.5 Å².